The number of aliphatic hydroxyl groups is 1. The molecule has 0 saturated heterocycles. The first-order chi connectivity index (χ1) is 6.08. The third-order valence-electron chi connectivity index (χ3n) is 2.86. The lowest BCUT2D eigenvalue weighted by Crippen LogP contribution is -2.30. The summed E-state index contributed by atoms with van der Waals surface area (Å²) in [7, 11) is 0. The van der Waals surface area contributed by atoms with Gasteiger partial charge in [-0.25, -0.2) is 0 Å². The van der Waals surface area contributed by atoms with E-state index >= 15 is 0 Å². The third-order valence-corrected chi connectivity index (χ3v) is 2.86. The largest absolute Gasteiger partial charge is 0.390 e. The van der Waals surface area contributed by atoms with Crippen molar-refractivity contribution in [3.05, 3.63) is 0 Å². The Labute approximate surface area is 83.5 Å². The lowest BCUT2D eigenvalue weighted by Gasteiger charge is -2.30. The smallest absolute Gasteiger partial charge is 0.0650 e. The van der Waals surface area contributed by atoms with Crippen LogP contribution in [0.5, 0.6) is 0 Å². The van der Waals surface area contributed by atoms with Crippen molar-refractivity contribution in [1.82, 2.24) is 0 Å². The van der Waals surface area contributed by atoms with Crippen LogP contribution in [0.3, 0.4) is 0 Å². The molecule has 0 spiro atoms. The summed E-state index contributed by atoms with van der Waals surface area (Å²) in [6.07, 6.45) is 6.26. The summed E-state index contributed by atoms with van der Waals surface area (Å²) >= 11 is 0. The van der Waals surface area contributed by atoms with Gasteiger partial charge in [0.2, 0.25) is 0 Å². The zero-order valence-electron chi connectivity index (χ0n) is 9.77. The lowest BCUT2D eigenvalue weighted by molar-refractivity contribution is -0.000477. The fourth-order valence-electron chi connectivity index (χ4n) is 2.05. The topological polar surface area (TPSA) is 20.2 Å². The van der Waals surface area contributed by atoms with Crippen molar-refractivity contribution in [2.24, 2.45) is 5.92 Å². The van der Waals surface area contributed by atoms with Gasteiger partial charge < -0.3 is 5.11 Å². The fraction of sp³-hybridized carbons (Fsp3) is 1.00. The Hall–Kier alpha value is -0.0400. The molecule has 0 aliphatic heterocycles. The van der Waals surface area contributed by atoms with Gasteiger partial charge in [-0.05, 0) is 25.2 Å². The second-order valence-corrected chi connectivity index (χ2v) is 4.44. The van der Waals surface area contributed by atoms with E-state index in [2.05, 4.69) is 27.7 Å². The summed E-state index contributed by atoms with van der Waals surface area (Å²) < 4.78 is 0. The van der Waals surface area contributed by atoms with Gasteiger partial charge in [0.25, 0.3) is 0 Å². The molecule has 1 N–H and O–H groups in total. The highest BCUT2D eigenvalue weighted by Crippen LogP contribution is 2.28. The molecule has 0 amide bonds. The van der Waals surface area contributed by atoms with Crippen LogP contribution < -0.4 is 0 Å². The average Bonchev–Trinajstić information content (AvgIpc) is 2.04. The van der Waals surface area contributed by atoms with Crippen molar-refractivity contribution in [3.8, 4) is 0 Å². The molecule has 0 aromatic rings. The van der Waals surface area contributed by atoms with Crippen LogP contribution in [-0.4, -0.2) is 10.7 Å². The number of hydrogen-bond donors (Lipinski definition) is 1. The predicted molar refractivity (Wildman–Crippen MR) is 58.8 cm³/mol. The number of rotatable bonds is 7. The van der Waals surface area contributed by atoms with E-state index in [4.69, 9.17) is 0 Å². The van der Waals surface area contributed by atoms with Gasteiger partial charge in [-0.1, -0.05) is 47.0 Å². The zero-order chi connectivity index (χ0) is 10.3. The summed E-state index contributed by atoms with van der Waals surface area (Å²) in [5, 5.41) is 10.3. The molecule has 1 heteroatoms. The summed E-state index contributed by atoms with van der Waals surface area (Å²) in [6, 6.07) is 0. The van der Waals surface area contributed by atoms with Crippen LogP contribution in [-0.2, 0) is 0 Å². The molecule has 0 fully saturated rings. The van der Waals surface area contributed by atoms with Gasteiger partial charge in [0, 0.05) is 0 Å². The van der Waals surface area contributed by atoms with Crippen LogP contribution in [0.4, 0.5) is 0 Å². The minimum Gasteiger partial charge on any atom is -0.390 e. The molecule has 0 aliphatic carbocycles. The van der Waals surface area contributed by atoms with Crippen LogP contribution in [0.15, 0.2) is 0 Å². The Kier molecular flexibility index (Phi) is 6.40. The molecule has 0 rings (SSSR count). The maximum Gasteiger partial charge on any atom is 0.0650 e. The highest BCUT2D eigenvalue weighted by Gasteiger charge is 2.26. The van der Waals surface area contributed by atoms with E-state index in [0.717, 1.165) is 32.1 Å². The highest BCUT2D eigenvalue weighted by atomic mass is 16.3. The highest BCUT2D eigenvalue weighted by molar-refractivity contribution is 4.79. The van der Waals surface area contributed by atoms with E-state index in [1.165, 1.54) is 6.42 Å². The molecular formula is C12H26O. The molecular weight excluding hydrogens is 160 g/mol. The minimum atomic E-state index is -0.376. The molecule has 1 atom stereocenters. The molecule has 0 aromatic heterocycles. The maximum absolute atomic E-state index is 10.3. The quantitative estimate of drug-likeness (QED) is 0.642. The van der Waals surface area contributed by atoms with Gasteiger partial charge in [-0.2, -0.15) is 0 Å². The molecule has 13 heavy (non-hydrogen) atoms. The van der Waals surface area contributed by atoms with Gasteiger partial charge in [-0.3, -0.25) is 0 Å². The zero-order valence-corrected chi connectivity index (χ0v) is 9.77. The van der Waals surface area contributed by atoms with E-state index in [1.54, 1.807) is 0 Å². The SMILES string of the molecule is CCCC(O)(CCC)CC(C)CC. The van der Waals surface area contributed by atoms with Crippen LogP contribution >= 0.6 is 0 Å². The fourth-order valence-corrected chi connectivity index (χ4v) is 2.05. The lowest BCUT2D eigenvalue weighted by atomic mass is 9.83. The molecule has 80 valence electrons. The Morgan fingerprint density at radius 2 is 1.54 bits per heavy atom. The summed E-state index contributed by atoms with van der Waals surface area (Å²) in [4.78, 5) is 0. The molecule has 0 heterocycles. The first kappa shape index (κ1) is 13.0. The Balaban J connectivity index is 4.05. The van der Waals surface area contributed by atoms with Crippen molar-refractivity contribution < 1.29 is 5.11 Å². The van der Waals surface area contributed by atoms with E-state index in [1.807, 2.05) is 0 Å². The standard InChI is InChI=1S/C12H26O/c1-5-8-12(13,9-6-2)10-11(4)7-3/h11,13H,5-10H2,1-4H3. The third kappa shape index (κ3) is 5.30. The van der Waals surface area contributed by atoms with Crippen molar-refractivity contribution in [1.29, 1.82) is 0 Å². The Bertz CT molecular complexity index is 114. The van der Waals surface area contributed by atoms with Crippen LogP contribution in [0.2, 0.25) is 0 Å². The minimum absolute atomic E-state index is 0.376. The van der Waals surface area contributed by atoms with Gasteiger partial charge in [-0.15, -0.1) is 0 Å². The van der Waals surface area contributed by atoms with Crippen LogP contribution in [0.25, 0.3) is 0 Å². The van der Waals surface area contributed by atoms with Gasteiger partial charge >= 0.3 is 0 Å². The first-order valence-electron chi connectivity index (χ1n) is 5.80. The van der Waals surface area contributed by atoms with Crippen molar-refractivity contribution >= 4 is 0 Å². The van der Waals surface area contributed by atoms with E-state index in [9.17, 15) is 5.11 Å². The molecule has 1 nitrogen and oxygen atoms in total. The van der Waals surface area contributed by atoms with Gasteiger partial charge in [0.05, 0.1) is 5.60 Å². The molecule has 0 saturated carbocycles. The summed E-state index contributed by atoms with van der Waals surface area (Å²) in [5.41, 5.74) is -0.376. The Morgan fingerprint density at radius 1 is 1.08 bits per heavy atom. The first-order valence-corrected chi connectivity index (χ1v) is 5.80. The Morgan fingerprint density at radius 3 is 1.85 bits per heavy atom. The van der Waals surface area contributed by atoms with E-state index in [0.29, 0.717) is 5.92 Å². The molecule has 1 unspecified atom stereocenters. The average molecular weight is 186 g/mol. The van der Waals surface area contributed by atoms with E-state index < -0.39 is 0 Å². The molecule has 0 bridgehead atoms. The van der Waals surface area contributed by atoms with Crippen molar-refractivity contribution in [2.45, 2.75) is 71.8 Å². The summed E-state index contributed by atoms with van der Waals surface area (Å²) in [6.45, 7) is 8.73. The predicted octanol–water partition coefficient (Wildman–Crippen LogP) is 3.75. The summed E-state index contributed by atoms with van der Waals surface area (Å²) in [5.74, 6) is 0.656. The molecule has 0 aromatic carbocycles. The maximum atomic E-state index is 10.3. The molecule has 0 radical (unpaired) electrons. The van der Waals surface area contributed by atoms with Crippen molar-refractivity contribution in [3.63, 3.8) is 0 Å². The van der Waals surface area contributed by atoms with E-state index in [-0.39, 0.29) is 5.60 Å². The monoisotopic (exact) mass is 186 g/mol. The normalized spacial score (nSPS) is 14.5. The second-order valence-electron chi connectivity index (χ2n) is 4.44. The van der Waals surface area contributed by atoms with Crippen LogP contribution in [0, 0.1) is 5.92 Å². The molecule has 0 aliphatic rings. The van der Waals surface area contributed by atoms with Gasteiger partial charge in [0.15, 0.2) is 0 Å². The van der Waals surface area contributed by atoms with Crippen LogP contribution in [0.1, 0.15) is 66.2 Å². The number of hydrogen-bond acceptors (Lipinski definition) is 1. The van der Waals surface area contributed by atoms with Crippen molar-refractivity contribution in [2.75, 3.05) is 0 Å². The van der Waals surface area contributed by atoms with Gasteiger partial charge in [0.1, 0.15) is 0 Å². The second kappa shape index (κ2) is 6.42.